The van der Waals surface area contributed by atoms with Crippen molar-refractivity contribution in [2.45, 2.75) is 19.5 Å². The van der Waals surface area contributed by atoms with Crippen molar-refractivity contribution in [3.05, 3.63) is 24.0 Å². The van der Waals surface area contributed by atoms with Crippen LogP contribution in [-0.2, 0) is 4.79 Å². The number of nitrogens with one attached hydrogen (secondary N) is 2. The molecule has 2 rings (SSSR count). The Morgan fingerprint density at radius 3 is 2.79 bits per heavy atom. The van der Waals surface area contributed by atoms with Crippen molar-refractivity contribution < 1.29 is 18.0 Å². The fourth-order valence-electron chi connectivity index (χ4n) is 2.13. The second kappa shape index (κ2) is 4.80. The standard InChI is InChI=1S/C12H14F3N3O/c1-8-6-9(2-4-17-8)18-10(19)11(12(13,14)15)3-5-16-7-11/h2,4,6,16H,3,5,7H2,1H3,(H,17,18,19). The summed E-state index contributed by atoms with van der Waals surface area (Å²) in [5.41, 5.74) is -1.39. The maximum atomic E-state index is 13.1. The lowest BCUT2D eigenvalue weighted by molar-refractivity contribution is -0.213. The van der Waals surface area contributed by atoms with E-state index in [9.17, 15) is 18.0 Å². The highest BCUT2D eigenvalue weighted by molar-refractivity contribution is 5.96. The van der Waals surface area contributed by atoms with E-state index in [1.807, 2.05) is 0 Å². The molecule has 1 aromatic heterocycles. The van der Waals surface area contributed by atoms with Gasteiger partial charge in [-0.3, -0.25) is 9.78 Å². The number of hydrogen-bond acceptors (Lipinski definition) is 3. The second-order valence-corrected chi connectivity index (χ2v) is 4.65. The fraction of sp³-hybridized carbons (Fsp3) is 0.500. The number of anilines is 1. The van der Waals surface area contributed by atoms with Crippen molar-refractivity contribution in [1.29, 1.82) is 0 Å². The van der Waals surface area contributed by atoms with E-state index in [0.717, 1.165) is 0 Å². The van der Waals surface area contributed by atoms with E-state index >= 15 is 0 Å². The lowest BCUT2D eigenvalue weighted by atomic mass is 9.85. The van der Waals surface area contributed by atoms with E-state index in [2.05, 4.69) is 15.6 Å². The van der Waals surface area contributed by atoms with Crippen molar-refractivity contribution in [3.63, 3.8) is 0 Å². The van der Waals surface area contributed by atoms with Gasteiger partial charge in [0, 0.05) is 24.1 Å². The first-order valence-corrected chi connectivity index (χ1v) is 5.87. The van der Waals surface area contributed by atoms with Crippen molar-refractivity contribution in [3.8, 4) is 0 Å². The number of rotatable bonds is 2. The molecule has 1 saturated heterocycles. The van der Waals surface area contributed by atoms with E-state index in [4.69, 9.17) is 0 Å². The molecule has 19 heavy (non-hydrogen) atoms. The van der Waals surface area contributed by atoms with Gasteiger partial charge in [-0.2, -0.15) is 13.2 Å². The minimum absolute atomic E-state index is 0.183. The zero-order chi connectivity index (χ0) is 14.1. The van der Waals surface area contributed by atoms with E-state index in [1.165, 1.54) is 18.3 Å². The maximum absolute atomic E-state index is 13.1. The van der Waals surface area contributed by atoms with E-state index < -0.39 is 17.5 Å². The molecule has 2 N–H and O–H groups in total. The zero-order valence-corrected chi connectivity index (χ0v) is 10.3. The number of hydrogen-bond donors (Lipinski definition) is 2. The molecule has 1 amide bonds. The third kappa shape index (κ3) is 2.56. The lowest BCUT2D eigenvalue weighted by Crippen LogP contribution is -2.49. The number of halogens is 3. The summed E-state index contributed by atoms with van der Waals surface area (Å²) in [4.78, 5) is 15.9. The average Bonchev–Trinajstić information content (AvgIpc) is 2.78. The van der Waals surface area contributed by atoms with Gasteiger partial charge in [-0.05, 0) is 32.0 Å². The molecule has 1 aliphatic heterocycles. The fourth-order valence-corrected chi connectivity index (χ4v) is 2.13. The van der Waals surface area contributed by atoms with Crippen LogP contribution in [0.2, 0.25) is 0 Å². The van der Waals surface area contributed by atoms with Crippen LogP contribution in [0.15, 0.2) is 18.3 Å². The minimum Gasteiger partial charge on any atom is -0.325 e. The van der Waals surface area contributed by atoms with Crippen LogP contribution in [0, 0.1) is 12.3 Å². The van der Waals surface area contributed by atoms with Crippen LogP contribution in [-0.4, -0.2) is 30.2 Å². The molecular formula is C12H14F3N3O. The summed E-state index contributed by atoms with van der Waals surface area (Å²) in [6, 6.07) is 3.00. The SMILES string of the molecule is Cc1cc(NC(=O)C2(C(F)(F)F)CCNC2)ccn1. The van der Waals surface area contributed by atoms with Gasteiger partial charge in [0.25, 0.3) is 0 Å². The highest BCUT2D eigenvalue weighted by atomic mass is 19.4. The van der Waals surface area contributed by atoms with Crippen LogP contribution in [0.4, 0.5) is 18.9 Å². The van der Waals surface area contributed by atoms with Crippen LogP contribution >= 0.6 is 0 Å². The summed E-state index contributed by atoms with van der Waals surface area (Å²) < 4.78 is 39.4. The van der Waals surface area contributed by atoms with Crippen molar-refractivity contribution in [2.24, 2.45) is 5.41 Å². The molecule has 0 aromatic carbocycles. The quantitative estimate of drug-likeness (QED) is 0.865. The number of carbonyl (C=O) groups excluding carboxylic acids is 1. The monoisotopic (exact) mass is 273 g/mol. The highest BCUT2D eigenvalue weighted by Gasteiger charge is 2.61. The number of carbonyl (C=O) groups is 1. The van der Waals surface area contributed by atoms with Gasteiger partial charge >= 0.3 is 6.18 Å². The summed E-state index contributed by atoms with van der Waals surface area (Å²) in [7, 11) is 0. The molecule has 0 saturated carbocycles. The summed E-state index contributed by atoms with van der Waals surface area (Å²) in [6.45, 7) is 1.50. The van der Waals surface area contributed by atoms with Gasteiger partial charge in [0.2, 0.25) is 5.91 Å². The second-order valence-electron chi connectivity index (χ2n) is 4.65. The summed E-state index contributed by atoms with van der Waals surface area (Å²) in [5.74, 6) is -1.02. The van der Waals surface area contributed by atoms with E-state index in [1.54, 1.807) is 6.92 Å². The molecule has 0 bridgehead atoms. The first kappa shape index (κ1) is 13.8. The molecule has 0 aliphatic carbocycles. The molecule has 2 heterocycles. The Bertz CT molecular complexity index is 481. The van der Waals surface area contributed by atoms with Crippen molar-refractivity contribution in [2.75, 3.05) is 18.4 Å². The smallest absolute Gasteiger partial charge is 0.325 e. The molecule has 0 spiro atoms. The largest absolute Gasteiger partial charge is 0.404 e. The Balaban J connectivity index is 2.22. The van der Waals surface area contributed by atoms with Crippen LogP contribution < -0.4 is 10.6 Å². The first-order chi connectivity index (χ1) is 8.85. The van der Waals surface area contributed by atoms with Gasteiger partial charge in [-0.1, -0.05) is 0 Å². The van der Waals surface area contributed by atoms with Crippen LogP contribution in [0.5, 0.6) is 0 Å². The van der Waals surface area contributed by atoms with Gasteiger partial charge < -0.3 is 10.6 Å². The number of pyridine rings is 1. The Kier molecular flexibility index (Phi) is 3.49. The van der Waals surface area contributed by atoms with Crippen molar-refractivity contribution in [1.82, 2.24) is 10.3 Å². The van der Waals surface area contributed by atoms with Crippen LogP contribution in [0.25, 0.3) is 0 Å². The van der Waals surface area contributed by atoms with Gasteiger partial charge in [0.15, 0.2) is 5.41 Å². The molecule has 1 unspecified atom stereocenters. The van der Waals surface area contributed by atoms with E-state index in [0.29, 0.717) is 11.4 Å². The third-order valence-corrected chi connectivity index (χ3v) is 3.29. The van der Waals surface area contributed by atoms with Crippen molar-refractivity contribution >= 4 is 11.6 Å². The molecule has 0 radical (unpaired) electrons. The number of aryl methyl sites for hydroxylation is 1. The predicted octanol–water partition coefficient (Wildman–Crippen LogP) is 1.87. The molecule has 4 nitrogen and oxygen atoms in total. The maximum Gasteiger partial charge on any atom is 0.404 e. The summed E-state index contributed by atoms with van der Waals surface area (Å²) in [5, 5.41) is 4.94. The molecule has 1 fully saturated rings. The topological polar surface area (TPSA) is 54.0 Å². The van der Waals surface area contributed by atoms with Gasteiger partial charge in [-0.25, -0.2) is 0 Å². The molecule has 7 heteroatoms. The number of alkyl halides is 3. The summed E-state index contributed by atoms with van der Waals surface area (Å²) >= 11 is 0. The molecule has 1 aromatic rings. The van der Waals surface area contributed by atoms with E-state index in [-0.39, 0.29) is 19.5 Å². The predicted molar refractivity (Wildman–Crippen MR) is 63.6 cm³/mol. The molecule has 1 atom stereocenters. The third-order valence-electron chi connectivity index (χ3n) is 3.29. The Labute approximate surface area is 108 Å². The van der Waals surface area contributed by atoms with Crippen LogP contribution in [0.3, 0.4) is 0 Å². The van der Waals surface area contributed by atoms with Crippen LogP contribution in [0.1, 0.15) is 12.1 Å². The molecule has 104 valence electrons. The summed E-state index contributed by atoms with van der Waals surface area (Å²) in [6.07, 6.45) is -3.37. The Morgan fingerprint density at radius 1 is 1.53 bits per heavy atom. The number of nitrogens with zero attached hydrogens (tertiary/aromatic N) is 1. The number of amides is 1. The van der Waals surface area contributed by atoms with Gasteiger partial charge in [0.1, 0.15) is 0 Å². The molecular weight excluding hydrogens is 259 g/mol. The Hall–Kier alpha value is -1.63. The zero-order valence-electron chi connectivity index (χ0n) is 10.3. The lowest BCUT2D eigenvalue weighted by Gasteiger charge is -2.29. The Morgan fingerprint density at radius 2 is 2.26 bits per heavy atom. The average molecular weight is 273 g/mol. The normalized spacial score (nSPS) is 23.4. The van der Waals surface area contributed by atoms with Gasteiger partial charge in [0.05, 0.1) is 0 Å². The first-order valence-electron chi connectivity index (χ1n) is 5.87. The molecule has 1 aliphatic rings. The van der Waals surface area contributed by atoms with Gasteiger partial charge in [-0.15, -0.1) is 0 Å². The highest BCUT2D eigenvalue weighted by Crippen LogP contribution is 2.43. The number of aromatic nitrogens is 1. The minimum atomic E-state index is -4.57.